The lowest BCUT2D eigenvalue weighted by Gasteiger charge is -2.19. The molecule has 0 saturated carbocycles. The van der Waals surface area contributed by atoms with Gasteiger partial charge < -0.3 is 15.1 Å². The summed E-state index contributed by atoms with van der Waals surface area (Å²) < 4.78 is 0. The lowest BCUT2D eigenvalue weighted by molar-refractivity contribution is -0.128. The van der Waals surface area contributed by atoms with Crippen LogP contribution < -0.4 is 5.32 Å². The molecule has 0 bridgehead atoms. The smallest absolute Gasteiger partial charge is 0.236 e. The molecule has 1 N–H and O–H groups in total. The minimum Gasteiger partial charge on any atom is -0.345 e. The molecule has 1 amide bonds. The van der Waals surface area contributed by atoms with Crippen LogP contribution in [0.15, 0.2) is 0 Å². The van der Waals surface area contributed by atoms with Crippen LogP contribution in [-0.2, 0) is 4.79 Å². The maximum atomic E-state index is 11.6. The van der Waals surface area contributed by atoms with Crippen LogP contribution in [0.4, 0.5) is 0 Å². The Morgan fingerprint density at radius 2 is 2.19 bits per heavy atom. The van der Waals surface area contributed by atoms with Crippen LogP contribution in [0, 0.1) is 0 Å². The Morgan fingerprint density at radius 1 is 1.44 bits per heavy atom. The van der Waals surface area contributed by atoms with Crippen LogP contribution >= 0.6 is 0 Å². The first-order valence-electron chi connectivity index (χ1n) is 6.29. The molecule has 4 heteroatoms. The molecule has 1 heterocycles. The molecule has 0 radical (unpaired) electrons. The summed E-state index contributed by atoms with van der Waals surface area (Å²) in [4.78, 5) is 15.7. The molecule has 0 aliphatic carbocycles. The molecule has 0 aromatic carbocycles. The fourth-order valence-electron chi connectivity index (χ4n) is 1.99. The first kappa shape index (κ1) is 13.5. The maximum absolute atomic E-state index is 11.6. The van der Waals surface area contributed by atoms with Crippen molar-refractivity contribution in [1.82, 2.24) is 15.1 Å². The monoisotopic (exact) mass is 227 g/mol. The van der Waals surface area contributed by atoms with E-state index in [1.165, 1.54) is 19.4 Å². The van der Waals surface area contributed by atoms with Gasteiger partial charge in [0.1, 0.15) is 0 Å². The SMILES string of the molecule is CCN(C)C(=O)CNC1CCCN(C)CC1. The highest BCUT2D eigenvalue weighted by Crippen LogP contribution is 2.09. The van der Waals surface area contributed by atoms with Crippen molar-refractivity contribution in [2.45, 2.75) is 32.2 Å². The summed E-state index contributed by atoms with van der Waals surface area (Å²) in [6.07, 6.45) is 3.57. The highest BCUT2D eigenvalue weighted by molar-refractivity contribution is 5.77. The molecule has 0 aromatic rings. The van der Waals surface area contributed by atoms with Gasteiger partial charge in [-0.05, 0) is 46.3 Å². The Bertz CT molecular complexity index is 220. The van der Waals surface area contributed by atoms with Crippen molar-refractivity contribution >= 4 is 5.91 Å². The molecule has 1 saturated heterocycles. The van der Waals surface area contributed by atoms with E-state index >= 15 is 0 Å². The molecule has 1 atom stereocenters. The number of carbonyl (C=O) groups excluding carboxylic acids is 1. The van der Waals surface area contributed by atoms with Gasteiger partial charge >= 0.3 is 0 Å². The number of amides is 1. The summed E-state index contributed by atoms with van der Waals surface area (Å²) in [5.74, 6) is 0.195. The molecule has 1 aliphatic rings. The lowest BCUT2D eigenvalue weighted by atomic mass is 10.1. The van der Waals surface area contributed by atoms with Gasteiger partial charge in [-0.1, -0.05) is 0 Å². The summed E-state index contributed by atoms with van der Waals surface area (Å²) in [5.41, 5.74) is 0. The Hall–Kier alpha value is -0.610. The number of carbonyl (C=O) groups is 1. The van der Waals surface area contributed by atoms with E-state index in [0.717, 1.165) is 19.5 Å². The van der Waals surface area contributed by atoms with Crippen LogP contribution in [0.1, 0.15) is 26.2 Å². The minimum atomic E-state index is 0.195. The van der Waals surface area contributed by atoms with Crippen LogP contribution in [0.25, 0.3) is 0 Å². The van der Waals surface area contributed by atoms with Crippen molar-refractivity contribution in [2.75, 3.05) is 40.3 Å². The summed E-state index contributed by atoms with van der Waals surface area (Å²) >= 11 is 0. The number of likely N-dealkylation sites (tertiary alicyclic amines) is 1. The second-order valence-electron chi connectivity index (χ2n) is 4.72. The lowest BCUT2D eigenvalue weighted by Crippen LogP contribution is -2.40. The van der Waals surface area contributed by atoms with Crippen molar-refractivity contribution in [3.63, 3.8) is 0 Å². The van der Waals surface area contributed by atoms with Gasteiger partial charge in [0, 0.05) is 19.6 Å². The third-order valence-electron chi connectivity index (χ3n) is 3.39. The standard InChI is InChI=1S/C12H25N3O/c1-4-15(3)12(16)10-13-11-6-5-8-14(2)9-7-11/h11,13H,4-10H2,1-3H3. The molecule has 4 nitrogen and oxygen atoms in total. The molecule has 1 unspecified atom stereocenters. The fourth-order valence-corrected chi connectivity index (χ4v) is 1.99. The minimum absolute atomic E-state index is 0.195. The number of nitrogens with zero attached hydrogens (tertiary/aromatic N) is 2. The molecule has 1 rings (SSSR count). The van der Waals surface area contributed by atoms with Gasteiger partial charge in [0.25, 0.3) is 0 Å². The average molecular weight is 227 g/mol. The Balaban J connectivity index is 2.24. The zero-order valence-corrected chi connectivity index (χ0v) is 10.8. The van der Waals surface area contributed by atoms with Crippen LogP contribution in [0.2, 0.25) is 0 Å². The van der Waals surface area contributed by atoms with Crippen molar-refractivity contribution < 1.29 is 4.79 Å². The van der Waals surface area contributed by atoms with Crippen molar-refractivity contribution in [3.8, 4) is 0 Å². The Morgan fingerprint density at radius 3 is 2.88 bits per heavy atom. The fraction of sp³-hybridized carbons (Fsp3) is 0.917. The highest BCUT2D eigenvalue weighted by atomic mass is 16.2. The van der Waals surface area contributed by atoms with E-state index in [-0.39, 0.29) is 5.91 Å². The second-order valence-corrected chi connectivity index (χ2v) is 4.72. The molecule has 16 heavy (non-hydrogen) atoms. The molecule has 0 spiro atoms. The van der Waals surface area contributed by atoms with Crippen LogP contribution in [-0.4, -0.2) is 62.0 Å². The predicted octanol–water partition coefficient (Wildman–Crippen LogP) is 0.539. The van der Waals surface area contributed by atoms with Gasteiger partial charge in [-0.25, -0.2) is 0 Å². The zero-order valence-electron chi connectivity index (χ0n) is 10.8. The third-order valence-corrected chi connectivity index (χ3v) is 3.39. The first-order valence-corrected chi connectivity index (χ1v) is 6.29. The summed E-state index contributed by atoms with van der Waals surface area (Å²) in [5, 5.41) is 3.38. The van der Waals surface area contributed by atoms with Gasteiger partial charge in [0.2, 0.25) is 5.91 Å². The quantitative estimate of drug-likeness (QED) is 0.761. The molecular weight excluding hydrogens is 202 g/mol. The van der Waals surface area contributed by atoms with E-state index in [9.17, 15) is 4.79 Å². The van der Waals surface area contributed by atoms with E-state index < -0.39 is 0 Å². The largest absolute Gasteiger partial charge is 0.345 e. The van der Waals surface area contributed by atoms with Gasteiger partial charge in [-0.15, -0.1) is 0 Å². The molecule has 0 aromatic heterocycles. The molecule has 1 fully saturated rings. The van der Waals surface area contributed by atoms with E-state index in [1.807, 2.05) is 14.0 Å². The Kier molecular flexibility index (Phi) is 5.77. The normalized spacial score (nSPS) is 22.8. The predicted molar refractivity (Wildman–Crippen MR) is 66.4 cm³/mol. The number of hydrogen-bond donors (Lipinski definition) is 1. The van der Waals surface area contributed by atoms with E-state index in [2.05, 4.69) is 17.3 Å². The van der Waals surface area contributed by atoms with Crippen molar-refractivity contribution in [2.24, 2.45) is 0 Å². The van der Waals surface area contributed by atoms with Gasteiger partial charge in [-0.3, -0.25) is 4.79 Å². The maximum Gasteiger partial charge on any atom is 0.236 e. The molecular formula is C12H25N3O. The van der Waals surface area contributed by atoms with E-state index in [1.54, 1.807) is 4.90 Å². The van der Waals surface area contributed by atoms with Crippen molar-refractivity contribution in [1.29, 1.82) is 0 Å². The van der Waals surface area contributed by atoms with Crippen LogP contribution in [0.3, 0.4) is 0 Å². The van der Waals surface area contributed by atoms with Gasteiger partial charge in [0.15, 0.2) is 0 Å². The second kappa shape index (κ2) is 6.86. The number of hydrogen-bond acceptors (Lipinski definition) is 3. The van der Waals surface area contributed by atoms with E-state index in [4.69, 9.17) is 0 Å². The number of nitrogens with one attached hydrogen (secondary N) is 1. The highest BCUT2D eigenvalue weighted by Gasteiger charge is 2.15. The van der Waals surface area contributed by atoms with E-state index in [0.29, 0.717) is 12.6 Å². The topological polar surface area (TPSA) is 35.6 Å². The zero-order chi connectivity index (χ0) is 12.0. The summed E-state index contributed by atoms with van der Waals surface area (Å²) in [6.45, 7) is 5.58. The average Bonchev–Trinajstić information content (AvgIpc) is 2.50. The molecule has 94 valence electrons. The van der Waals surface area contributed by atoms with Crippen LogP contribution in [0.5, 0.6) is 0 Å². The van der Waals surface area contributed by atoms with Gasteiger partial charge in [0.05, 0.1) is 6.54 Å². The Labute approximate surface area is 99.0 Å². The first-order chi connectivity index (χ1) is 7.63. The van der Waals surface area contributed by atoms with Crippen molar-refractivity contribution in [3.05, 3.63) is 0 Å². The summed E-state index contributed by atoms with van der Waals surface area (Å²) in [6, 6.07) is 0.513. The third kappa shape index (κ3) is 4.49. The summed E-state index contributed by atoms with van der Waals surface area (Å²) in [7, 11) is 4.02. The number of rotatable bonds is 4. The molecule has 1 aliphatic heterocycles. The van der Waals surface area contributed by atoms with Gasteiger partial charge in [-0.2, -0.15) is 0 Å². The number of likely N-dealkylation sites (N-methyl/N-ethyl adjacent to an activating group) is 1.